The molecule has 4 atom stereocenters. The van der Waals surface area contributed by atoms with E-state index in [-0.39, 0.29) is 17.2 Å². The zero-order valence-corrected chi connectivity index (χ0v) is 17.9. The summed E-state index contributed by atoms with van der Waals surface area (Å²) in [6.45, 7) is 0.715. The highest BCUT2D eigenvalue weighted by Gasteiger charge is 2.40. The van der Waals surface area contributed by atoms with Gasteiger partial charge in [-0.3, -0.25) is 9.59 Å². The first-order valence-electron chi connectivity index (χ1n) is 11.0. The maximum absolute atomic E-state index is 12.7. The van der Waals surface area contributed by atoms with Crippen LogP contribution in [0.4, 0.5) is 0 Å². The van der Waals surface area contributed by atoms with Crippen molar-refractivity contribution in [1.29, 1.82) is 0 Å². The molecule has 1 N–H and O–H groups in total. The number of carbonyl (C=O) groups is 2. The fourth-order valence-corrected chi connectivity index (χ4v) is 6.56. The molecule has 4 nitrogen and oxygen atoms in total. The summed E-state index contributed by atoms with van der Waals surface area (Å²) in [6.07, 6.45) is 5.89. The van der Waals surface area contributed by atoms with Gasteiger partial charge in [0.2, 0.25) is 5.91 Å². The number of amides is 2. The minimum atomic E-state index is 0.0314. The summed E-state index contributed by atoms with van der Waals surface area (Å²) in [5, 5.41) is 3.29. The van der Waals surface area contributed by atoms with Crippen LogP contribution in [-0.2, 0) is 11.2 Å². The average molecular weight is 421 g/mol. The number of benzene rings is 2. The van der Waals surface area contributed by atoms with Crippen LogP contribution in [0.15, 0.2) is 54.6 Å². The fourth-order valence-electron chi connectivity index (χ4n) is 5.34. The highest BCUT2D eigenvalue weighted by molar-refractivity contribution is 8.00. The highest BCUT2D eigenvalue weighted by Crippen LogP contribution is 2.44. The van der Waals surface area contributed by atoms with Crippen LogP contribution in [0.25, 0.3) is 0 Å². The van der Waals surface area contributed by atoms with Crippen molar-refractivity contribution in [2.24, 2.45) is 11.8 Å². The van der Waals surface area contributed by atoms with Crippen LogP contribution >= 0.6 is 11.8 Å². The van der Waals surface area contributed by atoms with E-state index in [0.717, 1.165) is 24.3 Å². The van der Waals surface area contributed by atoms with Crippen molar-refractivity contribution in [2.45, 2.75) is 43.5 Å². The van der Waals surface area contributed by atoms with Crippen molar-refractivity contribution in [3.63, 3.8) is 0 Å². The van der Waals surface area contributed by atoms with Gasteiger partial charge in [-0.2, -0.15) is 0 Å². The van der Waals surface area contributed by atoms with Gasteiger partial charge in [-0.05, 0) is 60.8 Å². The van der Waals surface area contributed by atoms with Gasteiger partial charge in [-0.25, -0.2) is 0 Å². The van der Waals surface area contributed by atoms with E-state index >= 15 is 0 Å². The summed E-state index contributed by atoms with van der Waals surface area (Å²) in [4.78, 5) is 27.1. The Balaban J connectivity index is 1.22. The zero-order chi connectivity index (χ0) is 20.5. The predicted molar refractivity (Wildman–Crippen MR) is 120 cm³/mol. The van der Waals surface area contributed by atoms with E-state index in [2.05, 4.69) is 17.4 Å². The molecule has 2 amide bonds. The molecular formula is C25H28N2O2S. The lowest BCUT2D eigenvalue weighted by atomic mass is 9.95. The largest absolute Gasteiger partial charge is 0.349 e. The van der Waals surface area contributed by atoms with E-state index in [1.165, 1.54) is 24.8 Å². The first kappa shape index (κ1) is 19.7. The number of nitrogens with one attached hydrogen (secondary N) is 1. The minimum absolute atomic E-state index is 0.0314. The smallest absolute Gasteiger partial charge is 0.251 e. The molecule has 2 aliphatic carbocycles. The minimum Gasteiger partial charge on any atom is -0.349 e. The topological polar surface area (TPSA) is 49.4 Å². The number of fused-ring (bicyclic) bond motifs is 2. The van der Waals surface area contributed by atoms with Gasteiger partial charge in [-0.15, -0.1) is 11.8 Å². The number of carbonyl (C=O) groups excluding carboxylic acids is 2. The van der Waals surface area contributed by atoms with Crippen molar-refractivity contribution in [1.82, 2.24) is 10.2 Å². The Bertz CT molecular complexity index is 915. The van der Waals surface area contributed by atoms with Gasteiger partial charge < -0.3 is 10.2 Å². The van der Waals surface area contributed by atoms with E-state index in [1.54, 1.807) is 11.8 Å². The molecule has 5 heteroatoms. The second-order valence-corrected chi connectivity index (χ2v) is 9.93. The summed E-state index contributed by atoms with van der Waals surface area (Å²) >= 11 is 1.67. The van der Waals surface area contributed by atoms with Gasteiger partial charge in [0.25, 0.3) is 5.91 Å². The van der Waals surface area contributed by atoms with Crippen LogP contribution in [0.1, 0.15) is 52.5 Å². The number of rotatable bonds is 6. The van der Waals surface area contributed by atoms with Gasteiger partial charge in [0.1, 0.15) is 5.37 Å². The van der Waals surface area contributed by atoms with Gasteiger partial charge >= 0.3 is 0 Å². The molecule has 3 aliphatic rings. The normalized spacial score (nSPS) is 27.6. The number of hydrogen-bond acceptors (Lipinski definition) is 3. The standard InChI is InChI=1S/C25H28N2O2S/c28-23-16-30-25(27(23)13-12-17-4-2-1-3-5-17)20-10-8-19(9-11-20)24(29)26-22-15-18-6-7-21(22)14-18/h1-5,8-11,18,21-22,25H,6-7,12-16H2,(H,26,29). The molecule has 2 aromatic rings. The van der Waals surface area contributed by atoms with Gasteiger partial charge in [-0.1, -0.05) is 48.9 Å². The summed E-state index contributed by atoms with van der Waals surface area (Å²) in [7, 11) is 0. The molecule has 156 valence electrons. The maximum Gasteiger partial charge on any atom is 0.251 e. The maximum atomic E-state index is 12.7. The number of hydrogen-bond donors (Lipinski definition) is 1. The second-order valence-electron chi connectivity index (χ2n) is 8.86. The Morgan fingerprint density at radius 2 is 1.83 bits per heavy atom. The molecular weight excluding hydrogens is 392 g/mol. The second kappa shape index (κ2) is 8.46. The van der Waals surface area contributed by atoms with Crippen molar-refractivity contribution < 1.29 is 9.59 Å². The van der Waals surface area contributed by atoms with Gasteiger partial charge in [0, 0.05) is 18.2 Å². The molecule has 2 aromatic carbocycles. The third-order valence-electron chi connectivity index (χ3n) is 6.96. The molecule has 0 spiro atoms. The van der Waals surface area contributed by atoms with Crippen molar-refractivity contribution in [3.05, 3.63) is 71.3 Å². The molecule has 2 bridgehead atoms. The molecule has 3 fully saturated rings. The zero-order valence-electron chi connectivity index (χ0n) is 17.1. The molecule has 0 radical (unpaired) electrons. The highest BCUT2D eigenvalue weighted by atomic mass is 32.2. The Morgan fingerprint density at radius 3 is 2.53 bits per heavy atom. The molecule has 1 aliphatic heterocycles. The number of thioether (sulfide) groups is 1. The molecule has 2 saturated carbocycles. The van der Waals surface area contributed by atoms with Crippen molar-refractivity contribution >= 4 is 23.6 Å². The third-order valence-corrected chi connectivity index (χ3v) is 8.22. The van der Waals surface area contributed by atoms with E-state index in [9.17, 15) is 9.59 Å². The molecule has 4 unspecified atom stereocenters. The van der Waals surface area contributed by atoms with E-state index in [1.807, 2.05) is 47.4 Å². The lowest BCUT2D eigenvalue weighted by Crippen LogP contribution is -2.38. The quantitative estimate of drug-likeness (QED) is 0.753. The van der Waals surface area contributed by atoms with E-state index < -0.39 is 0 Å². The van der Waals surface area contributed by atoms with Crippen LogP contribution in [0.3, 0.4) is 0 Å². The summed E-state index contributed by atoms with van der Waals surface area (Å²) in [6, 6.07) is 18.5. The summed E-state index contributed by atoms with van der Waals surface area (Å²) in [5.41, 5.74) is 3.05. The molecule has 1 saturated heterocycles. The van der Waals surface area contributed by atoms with E-state index in [0.29, 0.717) is 29.8 Å². The Labute approximate surface area is 182 Å². The Hall–Kier alpha value is -2.27. The lowest BCUT2D eigenvalue weighted by Gasteiger charge is -2.25. The average Bonchev–Trinajstić information content (AvgIpc) is 3.49. The SMILES string of the molecule is O=C(NC1CC2CCC1C2)c1ccc(C2SCC(=O)N2CCc2ccccc2)cc1. The van der Waals surface area contributed by atoms with Crippen LogP contribution < -0.4 is 5.32 Å². The molecule has 1 heterocycles. The first-order valence-corrected chi connectivity index (χ1v) is 12.1. The third kappa shape index (κ3) is 4.00. The molecule has 0 aromatic heterocycles. The Morgan fingerprint density at radius 1 is 1.03 bits per heavy atom. The molecule has 5 rings (SSSR count). The summed E-state index contributed by atoms with van der Waals surface area (Å²) in [5.74, 6) is 2.25. The van der Waals surface area contributed by atoms with Crippen molar-refractivity contribution in [2.75, 3.05) is 12.3 Å². The number of nitrogens with zero attached hydrogens (tertiary/aromatic N) is 1. The van der Waals surface area contributed by atoms with E-state index in [4.69, 9.17) is 0 Å². The monoisotopic (exact) mass is 420 g/mol. The molecule has 30 heavy (non-hydrogen) atoms. The first-order chi connectivity index (χ1) is 14.7. The Kier molecular flexibility index (Phi) is 5.55. The van der Waals surface area contributed by atoms with Crippen molar-refractivity contribution in [3.8, 4) is 0 Å². The predicted octanol–water partition coefficient (Wildman–Crippen LogP) is 4.42. The lowest BCUT2D eigenvalue weighted by molar-refractivity contribution is -0.128. The van der Waals surface area contributed by atoms with Gasteiger partial charge in [0.05, 0.1) is 5.75 Å². The van der Waals surface area contributed by atoms with Gasteiger partial charge in [0.15, 0.2) is 0 Å². The van der Waals surface area contributed by atoms with Crippen LogP contribution in [0.5, 0.6) is 0 Å². The van der Waals surface area contributed by atoms with Crippen LogP contribution in [-0.4, -0.2) is 35.1 Å². The summed E-state index contributed by atoms with van der Waals surface area (Å²) < 4.78 is 0. The van der Waals surface area contributed by atoms with Crippen LogP contribution in [0, 0.1) is 11.8 Å². The van der Waals surface area contributed by atoms with Crippen LogP contribution in [0.2, 0.25) is 0 Å². The fraction of sp³-hybridized carbons (Fsp3) is 0.440.